The van der Waals surface area contributed by atoms with Crippen molar-refractivity contribution in [2.24, 2.45) is 0 Å². The number of ether oxygens (including phenoxy) is 1. The average molecular weight is 316 g/mol. The van der Waals surface area contributed by atoms with Gasteiger partial charge in [0.1, 0.15) is 5.75 Å². The van der Waals surface area contributed by atoms with Gasteiger partial charge in [-0.15, -0.1) is 0 Å². The van der Waals surface area contributed by atoms with E-state index in [9.17, 15) is 26.3 Å². The first-order valence-corrected chi connectivity index (χ1v) is 6.10. The molecule has 0 unspecified atom stereocenters. The van der Waals surface area contributed by atoms with Gasteiger partial charge in [0.05, 0.1) is 0 Å². The normalized spacial score (nSPS) is 12.8. The van der Waals surface area contributed by atoms with Crippen LogP contribution in [0.5, 0.6) is 5.75 Å². The molecule has 1 N–H and O–H groups in total. The molecule has 0 aliphatic carbocycles. The maximum atomic E-state index is 12.5. The van der Waals surface area contributed by atoms with Crippen LogP contribution in [-0.2, 0) is 6.54 Å². The first kappa shape index (κ1) is 17.5. The third-order valence-electron chi connectivity index (χ3n) is 2.44. The number of aromatic nitrogens is 1. The monoisotopic (exact) mass is 316 g/mol. The lowest BCUT2D eigenvalue weighted by Crippen LogP contribution is -2.46. The minimum absolute atomic E-state index is 0.0689. The molecule has 3 nitrogen and oxygen atoms in total. The van der Waals surface area contributed by atoms with Crippen LogP contribution < -0.4 is 10.1 Å². The second-order valence-electron chi connectivity index (χ2n) is 4.24. The van der Waals surface area contributed by atoms with Crippen LogP contribution in [-0.4, -0.2) is 30.0 Å². The van der Waals surface area contributed by atoms with Crippen molar-refractivity contribution in [3.05, 3.63) is 24.0 Å². The van der Waals surface area contributed by atoms with Gasteiger partial charge < -0.3 is 10.1 Å². The summed E-state index contributed by atoms with van der Waals surface area (Å²) in [6.07, 6.45) is -11.9. The molecule has 0 aliphatic rings. The highest BCUT2D eigenvalue weighted by Gasteiger charge is 2.59. The number of halogens is 6. The van der Waals surface area contributed by atoms with Gasteiger partial charge in [0.2, 0.25) is 0 Å². The van der Waals surface area contributed by atoms with E-state index in [2.05, 4.69) is 15.0 Å². The number of hydrogen-bond acceptors (Lipinski definition) is 3. The third-order valence-corrected chi connectivity index (χ3v) is 2.44. The standard InChI is InChI=1S/C12H14F6N2O/c1-2-4-19-6-8-7-20-5-3-9(8)21-10(11(13,14)15)12(16,17)18/h3,5,7,10,19H,2,4,6H2,1H3. The van der Waals surface area contributed by atoms with Crippen molar-refractivity contribution in [3.8, 4) is 5.75 Å². The van der Waals surface area contributed by atoms with Crippen LogP contribution in [0.4, 0.5) is 26.3 Å². The first-order valence-electron chi connectivity index (χ1n) is 6.10. The molecule has 0 aliphatic heterocycles. The Morgan fingerprint density at radius 1 is 1.19 bits per heavy atom. The number of nitrogens with one attached hydrogen (secondary N) is 1. The lowest BCUT2D eigenvalue weighted by Gasteiger charge is -2.24. The fourth-order valence-corrected chi connectivity index (χ4v) is 1.51. The average Bonchev–Trinajstić information content (AvgIpc) is 2.35. The number of hydrogen-bond donors (Lipinski definition) is 1. The molecular formula is C12H14F6N2O. The van der Waals surface area contributed by atoms with Gasteiger partial charge in [-0.2, -0.15) is 26.3 Å². The molecule has 0 aromatic carbocycles. The molecule has 1 rings (SSSR count). The zero-order valence-electron chi connectivity index (χ0n) is 11.1. The second kappa shape index (κ2) is 6.97. The van der Waals surface area contributed by atoms with E-state index in [1.807, 2.05) is 6.92 Å². The van der Waals surface area contributed by atoms with Crippen LogP contribution in [0, 0.1) is 0 Å². The van der Waals surface area contributed by atoms with Crippen LogP contribution in [0.15, 0.2) is 18.5 Å². The predicted octanol–water partition coefficient (Wildman–Crippen LogP) is 3.45. The van der Waals surface area contributed by atoms with Gasteiger partial charge in [-0.1, -0.05) is 6.92 Å². The summed E-state index contributed by atoms with van der Waals surface area (Å²) in [6.45, 7) is 2.51. The number of alkyl halides is 6. The molecule has 0 saturated carbocycles. The lowest BCUT2D eigenvalue weighted by atomic mass is 10.2. The Morgan fingerprint density at radius 3 is 2.33 bits per heavy atom. The topological polar surface area (TPSA) is 34.2 Å². The van der Waals surface area contributed by atoms with Crippen LogP contribution in [0.3, 0.4) is 0 Å². The van der Waals surface area contributed by atoms with Crippen molar-refractivity contribution >= 4 is 0 Å². The molecular weight excluding hydrogens is 302 g/mol. The van der Waals surface area contributed by atoms with Crippen molar-refractivity contribution in [1.82, 2.24) is 10.3 Å². The molecule has 0 amide bonds. The van der Waals surface area contributed by atoms with Gasteiger partial charge in [0, 0.05) is 24.5 Å². The lowest BCUT2D eigenvalue weighted by molar-refractivity contribution is -0.300. The molecule has 0 fully saturated rings. The second-order valence-corrected chi connectivity index (χ2v) is 4.24. The van der Waals surface area contributed by atoms with E-state index in [1.165, 1.54) is 6.20 Å². The number of nitrogens with zero attached hydrogens (tertiary/aromatic N) is 1. The predicted molar refractivity (Wildman–Crippen MR) is 62.8 cm³/mol. The van der Waals surface area contributed by atoms with E-state index in [-0.39, 0.29) is 12.1 Å². The largest absolute Gasteiger partial charge is 0.471 e. The maximum absolute atomic E-state index is 12.5. The zero-order valence-corrected chi connectivity index (χ0v) is 11.1. The van der Waals surface area contributed by atoms with Gasteiger partial charge in [-0.05, 0) is 19.0 Å². The first-order chi connectivity index (χ1) is 9.66. The maximum Gasteiger partial charge on any atom is 0.434 e. The molecule has 0 spiro atoms. The van der Waals surface area contributed by atoms with Gasteiger partial charge in [-0.25, -0.2) is 0 Å². The molecule has 0 radical (unpaired) electrons. The Balaban J connectivity index is 2.94. The quantitative estimate of drug-likeness (QED) is 0.645. The molecule has 0 saturated heterocycles. The summed E-state index contributed by atoms with van der Waals surface area (Å²) in [6, 6.07) is 0.980. The summed E-state index contributed by atoms with van der Waals surface area (Å²) >= 11 is 0. The van der Waals surface area contributed by atoms with Crippen molar-refractivity contribution in [1.29, 1.82) is 0 Å². The van der Waals surface area contributed by atoms with E-state index in [0.29, 0.717) is 6.54 Å². The molecule has 21 heavy (non-hydrogen) atoms. The summed E-state index contributed by atoms with van der Waals surface area (Å²) < 4.78 is 79.0. The van der Waals surface area contributed by atoms with Gasteiger partial charge in [0.25, 0.3) is 6.10 Å². The molecule has 1 heterocycles. The summed E-state index contributed by atoms with van der Waals surface area (Å²) in [5.41, 5.74) is 0.129. The molecule has 120 valence electrons. The highest BCUT2D eigenvalue weighted by molar-refractivity contribution is 5.30. The molecule has 1 aromatic heterocycles. The van der Waals surface area contributed by atoms with E-state index >= 15 is 0 Å². The molecule has 0 bridgehead atoms. The Hall–Kier alpha value is -1.51. The SMILES string of the molecule is CCCNCc1cnccc1OC(C(F)(F)F)C(F)(F)F. The van der Waals surface area contributed by atoms with Crippen LogP contribution >= 0.6 is 0 Å². The van der Waals surface area contributed by atoms with Gasteiger partial charge >= 0.3 is 12.4 Å². The molecule has 9 heteroatoms. The van der Waals surface area contributed by atoms with Crippen molar-refractivity contribution < 1.29 is 31.1 Å². The zero-order chi connectivity index (χ0) is 16.1. The summed E-state index contributed by atoms with van der Waals surface area (Å²) in [7, 11) is 0. The third kappa shape index (κ3) is 5.41. The van der Waals surface area contributed by atoms with Crippen molar-refractivity contribution in [3.63, 3.8) is 0 Å². The van der Waals surface area contributed by atoms with Crippen molar-refractivity contribution in [2.45, 2.75) is 38.3 Å². The van der Waals surface area contributed by atoms with Crippen LogP contribution in [0.2, 0.25) is 0 Å². The minimum Gasteiger partial charge on any atom is -0.471 e. The minimum atomic E-state index is -5.55. The van der Waals surface area contributed by atoms with Gasteiger partial charge in [0.15, 0.2) is 0 Å². The number of rotatable bonds is 6. The Kier molecular flexibility index (Phi) is 5.82. The van der Waals surface area contributed by atoms with E-state index in [1.54, 1.807) is 0 Å². The highest BCUT2D eigenvalue weighted by atomic mass is 19.4. The van der Waals surface area contributed by atoms with Crippen LogP contribution in [0.25, 0.3) is 0 Å². The van der Waals surface area contributed by atoms with E-state index < -0.39 is 24.2 Å². The fourth-order valence-electron chi connectivity index (χ4n) is 1.51. The smallest absolute Gasteiger partial charge is 0.434 e. The summed E-state index contributed by atoms with van der Waals surface area (Å²) in [4.78, 5) is 3.67. The Bertz CT molecular complexity index is 432. The molecule has 0 atom stereocenters. The van der Waals surface area contributed by atoms with Crippen LogP contribution in [0.1, 0.15) is 18.9 Å². The van der Waals surface area contributed by atoms with E-state index in [0.717, 1.165) is 18.7 Å². The van der Waals surface area contributed by atoms with Crippen molar-refractivity contribution in [2.75, 3.05) is 6.54 Å². The van der Waals surface area contributed by atoms with Gasteiger partial charge in [-0.3, -0.25) is 4.98 Å². The fraction of sp³-hybridized carbons (Fsp3) is 0.583. The Labute approximate surface area is 117 Å². The molecule has 1 aromatic rings. The Morgan fingerprint density at radius 2 is 1.81 bits per heavy atom. The summed E-state index contributed by atoms with van der Waals surface area (Å²) in [5.74, 6) is -0.492. The summed E-state index contributed by atoms with van der Waals surface area (Å²) in [5, 5.41) is 2.86. The highest BCUT2D eigenvalue weighted by Crippen LogP contribution is 2.37. The number of pyridine rings is 1. The van der Waals surface area contributed by atoms with E-state index in [4.69, 9.17) is 0 Å².